The lowest BCUT2D eigenvalue weighted by atomic mass is 9.91. The summed E-state index contributed by atoms with van der Waals surface area (Å²) in [5, 5.41) is 4.46. The van der Waals surface area contributed by atoms with E-state index in [1.165, 1.54) is 5.56 Å². The number of nitrogens with one attached hydrogen (secondary N) is 2. The largest absolute Gasteiger partial charge is 0.497 e. The summed E-state index contributed by atoms with van der Waals surface area (Å²) in [5.74, 6) is 1.01. The van der Waals surface area contributed by atoms with Gasteiger partial charge in [0, 0.05) is 28.7 Å². The fourth-order valence-corrected chi connectivity index (χ4v) is 5.33. The summed E-state index contributed by atoms with van der Waals surface area (Å²) in [4.78, 5) is 32.0. The molecule has 0 fully saturated rings. The van der Waals surface area contributed by atoms with Crippen molar-refractivity contribution < 1.29 is 14.3 Å². The number of benzene rings is 2. The van der Waals surface area contributed by atoms with Crippen LogP contribution in [-0.2, 0) is 17.8 Å². The number of hydrogen-bond donors (Lipinski definition) is 2. The number of carbonyl (C=O) groups excluding carboxylic acids is 2. The molecular formula is C27H31N3O3. The van der Waals surface area contributed by atoms with E-state index in [1.807, 2.05) is 36.4 Å². The van der Waals surface area contributed by atoms with Gasteiger partial charge < -0.3 is 19.9 Å². The first-order valence-electron chi connectivity index (χ1n) is 11.8. The summed E-state index contributed by atoms with van der Waals surface area (Å²) < 4.78 is 5.42. The zero-order valence-electron chi connectivity index (χ0n) is 19.5. The fraction of sp³-hybridized carbons (Fsp3) is 0.407. The molecule has 1 aliphatic heterocycles. The molecular weight excluding hydrogens is 414 g/mol. The number of ether oxygens (including phenoxy) is 1. The Bertz CT molecular complexity index is 1210. The van der Waals surface area contributed by atoms with Crippen LogP contribution in [0, 0.1) is 5.92 Å². The molecule has 2 atom stereocenters. The standard InChI is InChI=1S/C27H31N3O3/c1-16(2)13-24(30-15-17-7-4-5-8-19(17)27(30)32)26(31)29-23-10-6-9-20-21-14-18(33-3)11-12-22(21)28-25(20)23/h4-5,7-8,11-12,14,16,23-24,28H,6,9-10,13,15H2,1-3H3,(H,29,31)/t23?,24-/m0/s1. The highest BCUT2D eigenvalue weighted by Crippen LogP contribution is 2.36. The minimum atomic E-state index is -0.486. The molecule has 0 spiro atoms. The van der Waals surface area contributed by atoms with Gasteiger partial charge in [-0.25, -0.2) is 0 Å². The van der Waals surface area contributed by atoms with E-state index in [0.29, 0.717) is 24.4 Å². The Balaban J connectivity index is 1.41. The van der Waals surface area contributed by atoms with E-state index in [4.69, 9.17) is 4.74 Å². The van der Waals surface area contributed by atoms with Crippen LogP contribution in [-0.4, -0.2) is 34.8 Å². The number of nitrogens with zero attached hydrogens (tertiary/aromatic N) is 1. The van der Waals surface area contributed by atoms with Gasteiger partial charge in [0.2, 0.25) is 5.91 Å². The van der Waals surface area contributed by atoms with Crippen molar-refractivity contribution in [1.82, 2.24) is 15.2 Å². The lowest BCUT2D eigenvalue weighted by Crippen LogP contribution is -2.49. The SMILES string of the molecule is COc1ccc2[nH]c3c(c2c1)CCCC3NC(=O)[C@H](CC(C)C)N1Cc2ccccc2C1=O. The second-order valence-corrected chi connectivity index (χ2v) is 9.62. The topological polar surface area (TPSA) is 74.4 Å². The number of aryl methyl sites for hydroxylation is 1. The molecule has 2 aliphatic rings. The normalized spacial score (nSPS) is 18.4. The van der Waals surface area contributed by atoms with Crippen molar-refractivity contribution in [2.24, 2.45) is 5.92 Å². The number of aromatic nitrogens is 1. The van der Waals surface area contributed by atoms with Crippen LogP contribution in [0.15, 0.2) is 42.5 Å². The summed E-state index contributed by atoms with van der Waals surface area (Å²) in [5.41, 5.74) is 5.10. The van der Waals surface area contributed by atoms with Gasteiger partial charge in [-0.05, 0) is 67.0 Å². The average Bonchev–Trinajstić information content (AvgIpc) is 3.35. The second-order valence-electron chi connectivity index (χ2n) is 9.62. The number of aromatic amines is 1. The smallest absolute Gasteiger partial charge is 0.255 e. The van der Waals surface area contributed by atoms with Crippen molar-refractivity contribution in [3.05, 3.63) is 64.8 Å². The van der Waals surface area contributed by atoms with Gasteiger partial charge in [-0.1, -0.05) is 32.0 Å². The van der Waals surface area contributed by atoms with Crippen LogP contribution in [0.2, 0.25) is 0 Å². The van der Waals surface area contributed by atoms with Crippen LogP contribution in [0.5, 0.6) is 5.75 Å². The molecule has 33 heavy (non-hydrogen) atoms. The molecule has 6 heteroatoms. The van der Waals surface area contributed by atoms with Crippen molar-refractivity contribution in [3.8, 4) is 5.75 Å². The highest BCUT2D eigenvalue weighted by atomic mass is 16.5. The number of H-pyrrole nitrogens is 1. The molecule has 0 bridgehead atoms. The number of carbonyl (C=O) groups is 2. The van der Waals surface area contributed by atoms with Gasteiger partial charge >= 0.3 is 0 Å². The van der Waals surface area contributed by atoms with E-state index >= 15 is 0 Å². The highest BCUT2D eigenvalue weighted by molar-refractivity contribution is 6.01. The van der Waals surface area contributed by atoms with Crippen LogP contribution >= 0.6 is 0 Å². The molecule has 172 valence electrons. The lowest BCUT2D eigenvalue weighted by molar-refractivity contribution is -0.127. The highest BCUT2D eigenvalue weighted by Gasteiger charge is 2.38. The van der Waals surface area contributed by atoms with Crippen LogP contribution in [0.3, 0.4) is 0 Å². The average molecular weight is 446 g/mol. The van der Waals surface area contributed by atoms with E-state index in [1.54, 1.807) is 12.0 Å². The molecule has 2 heterocycles. The van der Waals surface area contributed by atoms with Gasteiger partial charge in [0.25, 0.3) is 5.91 Å². The first-order valence-corrected chi connectivity index (χ1v) is 11.8. The van der Waals surface area contributed by atoms with E-state index in [0.717, 1.165) is 47.2 Å². The molecule has 0 radical (unpaired) electrons. The third-order valence-corrected chi connectivity index (χ3v) is 6.95. The molecule has 2 aromatic carbocycles. The number of rotatable bonds is 6. The van der Waals surface area contributed by atoms with Gasteiger partial charge in [0.05, 0.1) is 13.2 Å². The Morgan fingerprint density at radius 1 is 1.24 bits per heavy atom. The summed E-state index contributed by atoms with van der Waals surface area (Å²) in [6.07, 6.45) is 3.50. The molecule has 2 N–H and O–H groups in total. The molecule has 0 saturated carbocycles. The molecule has 3 aromatic rings. The van der Waals surface area contributed by atoms with E-state index in [9.17, 15) is 9.59 Å². The fourth-order valence-electron chi connectivity index (χ4n) is 5.33. The zero-order chi connectivity index (χ0) is 23.1. The van der Waals surface area contributed by atoms with Gasteiger partial charge in [-0.2, -0.15) is 0 Å². The minimum Gasteiger partial charge on any atom is -0.497 e. The van der Waals surface area contributed by atoms with Crippen molar-refractivity contribution >= 4 is 22.7 Å². The van der Waals surface area contributed by atoms with Crippen molar-refractivity contribution in [2.45, 2.75) is 58.2 Å². The third kappa shape index (κ3) is 3.88. The van der Waals surface area contributed by atoms with Gasteiger partial charge in [-0.3, -0.25) is 9.59 Å². The Morgan fingerprint density at radius 3 is 2.82 bits per heavy atom. The van der Waals surface area contributed by atoms with E-state index in [2.05, 4.69) is 30.2 Å². The lowest BCUT2D eigenvalue weighted by Gasteiger charge is -2.31. The summed E-state index contributed by atoms with van der Waals surface area (Å²) in [7, 11) is 1.68. The maximum atomic E-state index is 13.6. The van der Waals surface area contributed by atoms with E-state index < -0.39 is 6.04 Å². The van der Waals surface area contributed by atoms with Crippen molar-refractivity contribution in [3.63, 3.8) is 0 Å². The third-order valence-electron chi connectivity index (χ3n) is 6.95. The number of amides is 2. The molecule has 2 amide bonds. The monoisotopic (exact) mass is 445 g/mol. The van der Waals surface area contributed by atoms with Crippen molar-refractivity contribution in [1.29, 1.82) is 0 Å². The Kier molecular flexibility index (Phi) is 5.60. The number of hydrogen-bond acceptors (Lipinski definition) is 3. The summed E-state index contributed by atoms with van der Waals surface area (Å²) in [6.45, 7) is 4.68. The van der Waals surface area contributed by atoms with E-state index in [-0.39, 0.29) is 17.9 Å². The zero-order valence-corrected chi connectivity index (χ0v) is 19.5. The molecule has 1 aliphatic carbocycles. The van der Waals surface area contributed by atoms with Crippen LogP contribution in [0.25, 0.3) is 10.9 Å². The quantitative estimate of drug-likeness (QED) is 0.575. The predicted molar refractivity (Wildman–Crippen MR) is 128 cm³/mol. The second kappa shape index (κ2) is 8.58. The van der Waals surface area contributed by atoms with Crippen LogP contribution in [0.1, 0.15) is 66.3 Å². The van der Waals surface area contributed by atoms with Gasteiger partial charge in [-0.15, -0.1) is 0 Å². The van der Waals surface area contributed by atoms with Crippen molar-refractivity contribution in [2.75, 3.05) is 7.11 Å². The predicted octanol–water partition coefficient (Wildman–Crippen LogP) is 4.74. The molecule has 6 nitrogen and oxygen atoms in total. The molecule has 0 saturated heterocycles. The van der Waals surface area contributed by atoms with Gasteiger partial charge in [0.15, 0.2) is 0 Å². The Morgan fingerprint density at radius 2 is 2.06 bits per heavy atom. The maximum Gasteiger partial charge on any atom is 0.255 e. The number of fused-ring (bicyclic) bond motifs is 4. The summed E-state index contributed by atoms with van der Waals surface area (Å²) >= 11 is 0. The molecule has 5 rings (SSSR count). The van der Waals surface area contributed by atoms with Crippen LogP contribution < -0.4 is 10.1 Å². The number of methoxy groups -OCH3 is 1. The molecule has 1 unspecified atom stereocenters. The first kappa shape index (κ1) is 21.6. The van der Waals surface area contributed by atoms with Crippen LogP contribution in [0.4, 0.5) is 0 Å². The molecule has 1 aromatic heterocycles. The van der Waals surface area contributed by atoms with Gasteiger partial charge in [0.1, 0.15) is 11.8 Å². The summed E-state index contributed by atoms with van der Waals surface area (Å²) in [6, 6.07) is 13.1. The Hall–Kier alpha value is -3.28. The first-order chi connectivity index (χ1) is 16.0. The maximum absolute atomic E-state index is 13.6. The Labute approximate surface area is 194 Å². The minimum absolute atomic E-state index is 0.0477.